The SMILES string of the molecule is COC(=O)c1c(NCCc2ncno2)sc(C(N)=O)c1N. The van der Waals surface area contributed by atoms with Crippen molar-refractivity contribution >= 4 is 33.9 Å². The smallest absolute Gasteiger partial charge is 0.343 e. The lowest BCUT2D eigenvalue weighted by Gasteiger charge is -2.05. The number of ether oxygens (including phenoxy) is 1. The molecule has 21 heavy (non-hydrogen) atoms. The molecule has 0 atom stereocenters. The van der Waals surface area contributed by atoms with Crippen LogP contribution in [0.3, 0.4) is 0 Å². The number of thiophene rings is 1. The van der Waals surface area contributed by atoms with E-state index in [1.807, 2.05) is 0 Å². The first-order valence-corrected chi connectivity index (χ1v) is 6.66. The van der Waals surface area contributed by atoms with E-state index in [4.69, 9.17) is 16.0 Å². The predicted octanol–water partition coefficient (Wildman–Crippen LogP) is 0.253. The average molecular weight is 311 g/mol. The molecule has 0 unspecified atom stereocenters. The first-order valence-electron chi connectivity index (χ1n) is 5.84. The summed E-state index contributed by atoms with van der Waals surface area (Å²) in [6.45, 7) is 0.407. The Morgan fingerprint density at radius 2 is 2.29 bits per heavy atom. The molecule has 0 aliphatic heterocycles. The van der Waals surface area contributed by atoms with Gasteiger partial charge < -0.3 is 26.0 Å². The molecule has 10 heteroatoms. The van der Waals surface area contributed by atoms with Gasteiger partial charge in [-0.2, -0.15) is 4.98 Å². The van der Waals surface area contributed by atoms with Crippen LogP contribution in [0.15, 0.2) is 10.9 Å². The summed E-state index contributed by atoms with van der Waals surface area (Å²) in [6, 6.07) is 0. The Hall–Kier alpha value is -2.62. The fraction of sp³-hybridized carbons (Fsp3) is 0.273. The van der Waals surface area contributed by atoms with E-state index in [0.717, 1.165) is 11.3 Å². The van der Waals surface area contributed by atoms with Gasteiger partial charge in [0.25, 0.3) is 5.91 Å². The number of carbonyl (C=O) groups is 2. The minimum Gasteiger partial charge on any atom is -0.465 e. The van der Waals surface area contributed by atoms with E-state index in [9.17, 15) is 9.59 Å². The van der Waals surface area contributed by atoms with Crippen LogP contribution in [0.25, 0.3) is 0 Å². The van der Waals surface area contributed by atoms with Crippen LogP contribution in [0.1, 0.15) is 25.9 Å². The van der Waals surface area contributed by atoms with Gasteiger partial charge in [-0.05, 0) is 0 Å². The van der Waals surface area contributed by atoms with E-state index in [1.165, 1.54) is 13.4 Å². The molecule has 2 rings (SSSR count). The molecule has 2 aromatic rings. The maximum Gasteiger partial charge on any atom is 0.343 e. The highest BCUT2D eigenvalue weighted by Gasteiger charge is 2.25. The third-order valence-electron chi connectivity index (χ3n) is 2.59. The van der Waals surface area contributed by atoms with Crippen molar-refractivity contribution in [3.63, 3.8) is 0 Å². The second kappa shape index (κ2) is 6.22. The zero-order valence-electron chi connectivity index (χ0n) is 11.1. The van der Waals surface area contributed by atoms with Crippen molar-refractivity contribution in [3.05, 3.63) is 22.7 Å². The predicted molar refractivity (Wildman–Crippen MR) is 75.1 cm³/mol. The Kier molecular flexibility index (Phi) is 4.38. The summed E-state index contributed by atoms with van der Waals surface area (Å²) in [5, 5.41) is 6.88. The maximum atomic E-state index is 11.8. The van der Waals surface area contributed by atoms with Crippen LogP contribution in [0.2, 0.25) is 0 Å². The highest BCUT2D eigenvalue weighted by Crippen LogP contribution is 2.35. The minimum atomic E-state index is -0.701. The summed E-state index contributed by atoms with van der Waals surface area (Å²) in [6.07, 6.45) is 1.74. The Morgan fingerprint density at radius 1 is 1.52 bits per heavy atom. The number of esters is 1. The number of aromatic nitrogens is 2. The Bertz CT molecular complexity index is 652. The molecule has 9 nitrogen and oxygen atoms in total. The molecule has 0 saturated heterocycles. The van der Waals surface area contributed by atoms with Gasteiger partial charge >= 0.3 is 5.97 Å². The van der Waals surface area contributed by atoms with Gasteiger partial charge in [-0.25, -0.2) is 4.79 Å². The van der Waals surface area contributed by atoms with Crippen molar-refractivity contribution in [2.45, 2.75) is 6.42 Å². The van der Waals surface area contributed by atoms with Crippen molar-refractivity contribution in [2.24, 2.45) is 5.73 Å². The van der Waals surface area contributed by atoms with Crippen molar-refractivity contribution in [1.29, 1.82) is 0 Å². The molecule has 0 bridgehead atoms. The number of nitrogens with zero attached hydrogens (tertiary/aromatic N) is 2. The molecule has 2 aromatic heterocycles. The van der Waals surface area contributed by atoms with Gasteiger partial charge in [0, 0.05) is 13.0 Å². The molecule has 2 heterocycles. The summed E-state index contributed by atoms with van der Waals surface area (Å²) in [5.41, 5.74) is 11.1. The first-order chi connectivity index (χ1) is 10.0. The molecule has 0 saturated carbocycles. The number of amides is 1. The van der Waals surface area contributed by atoms with Crippen LogP contribution < -0.4 is 16.8 Å². The van der Waals surface area contributed by atoms with Crippen molar-refractivity contribution in [3.8, 4) is 0 Å². The Balaban J connectivity index is 2.18. The third-order valence-corrected chi connectivity index (χ3v) is 3.77. The van der Waals surface area contributed by atoms with E-state index in [1.54, 1.807) is 0 Å². The topological polar surface area (TPSA) is 146 Å². The zero-order valence-corrected chi connectivity index (χ0v) is 11.9. The van der Waals surface area contributed by atoms with Crippen LogP contribution in [-0.4, -0.2) is 35.7 Å². The van der Waals surface area contributed by atoms with E-state index < -0.39 is 11.9 Å². The molecule has 1 amide bonds. The molecule has 0 aliphatic rings. The zero-order chi connectivity index (χ0) is 15.4. The van der Waals surface area contributed by atoms with Crippen LogP contribution >= 0.6 is 11.3 Å². The highest BCUT2D eigenvalue weighted by molar-refractivity contribution is 7.19. The number of nitrogens with two attached hydrogens (primary N) is 2. The van der Waals surface area contributed by atoms with Crippen LogP contribution in [-0.2, 0) is 11.2 Å². The number of hydrogen-bond donors (Lipinski definition) is 3. The largest absolute Gasteiger partial charge is 0.465 e. The van der Waals surface area contributed by atoms with Crippen molar-refractivity contribution in [2.75, 3.05) is 24.7 Å². The summed E-state index contributed by atoms with van der Waals surface area (Å²) in [4.78, 5) is 27.0. The molecule has 5 N–H and O–H groups in total. The van der Waals surface area contributed by atoms with Gasteiger partial charge in [-0.15, -0.1) is 11.3 Å². The molecule has 112 valence electrons. The van der Waals surface area contributed by atoms with Crippen molar-refractivity contribution < 1.29 is 18.8 Å². The Labute approximate surface area is 123 Å². The third kappa shape index (κ3) is 3.11. The average Bonchev–Trinajstić information content (AvgIpc) is 3.06. The maximum absolute atomic E-state index is 11.8. The number of methoxy groups -OCH3 is 1. The lowest BCUT2D eigenvalue weighted by atomic mass is 10.2. The molecule has 0 spiro atoms. The quantitative estimate of drug-likeness (QED) is 0.643. The number of carbonyl (C=O) groups excluding carboxylic acids is 2. The normalized spacial score (nSPS) is 10.3. The van der Waals surface area contributed by atoms with Gasteiger partial charge in [-0.3, -0.25) is 4.79 Å². The van der Waals surface area contributed by atoms with Gasteiger partial charge in [0.2, 0.25) is 5.89 Å². The van der Waals surface area contributed by atoms with E-state index in [-0.39, 0.29) is 16.1 Å². The highest BCUT2D eigenvalue weighted by atomic mass is 32.1. The summed E-state index contributed by atoms with van der Waals surface area (Å²) >= 11 is 0.997. The number of hydrogen-bond acceptors (Lipinski definition) is 9. The summed E-state index contributed by atoms with van der Waals surface area (Å²) < 4.78 is 9.51. The fourth-order valence-corrected chi connectivity index (χ4v) is 2.63. The lowest BCUT2D eigenvalue weighted by Crippen LogP contribution is -2.13. The lowest BCUT2D eigenvalue weighted by molar-refractivity contribution is 0.0603. The van der Waals surface area contributed by atoms with E-state index >= 15 is 0 Å². The van der Waals surface area contributed by atoms with Crippen LogP contribution in [0.5, 0.6) is 0 Å². The molecule has 0 radical (unpaired) electrons. The molecule has 0 aliphatic carbocycles. The van der Waals surface area contributed by atoms with Crippen molar-refractivity contribution in [1.82, 2.24) is 10.1 Å². The number of anilines is 2. The number of nitrogens with one attached hydrogen (secondary N) is 1. The Morgan fingerprint density at radius 3 is 2.86 bits per heavy atom. The summed E-state index contributed by atoms with van der Waals surface area (Å²) in [5.74, 6) is -0.897. The molecule has 0 fully saturated rings. The summed E-state index contributed by atoms with van der Waals surface area (Å²) in [7, 11) is 1.23. The number of rotatable bonds is 6. The molecule has 0 aromatic carbocycles. The first kappa shape index (κ1) is 14.8. The van der Waals surface area contributed by atoms with Gasteiger partial charge in [0.05, 0.1) is 12.8 Å². The van der Waals surface area contributed by atoms with Gasteiger partial charge in [0.15, 0.2) is 6.33 Å². The molecular weight excluding hydrogens is 298 g/mol. The second-order valence-electron chi connectivity index (χ2n) is 3.92. The molecular formula is C11H13N5O4S. The van der Waals surface area contributed by atoms with E-state index in [0.29, 0.717) is 23.9 Å². The fourth-order valence-electron chi connectivity index (χ4n) is 1.65. The van der Waals surface area contributed by atoms with Gasteiger partial charge in [0.1, 0.15) is 15.4 Å². The minimum absolute atomic E-state index is 0.0136. The standard InChI is InChI=1S/C11H13N5O4S/c1-19-11(18)6-7(12)8(9(13)17)21-10(6)14-3-2-5-15-4-16-20-5/h4,14H,2-3,12H2,1H3,(H2,13,17). The second-order valence-corrected chi connectivity index (χ2v) is 4.94. The number of primary amides is 1. The van der Waals surface area contributed by atoms with Crippen LogP contribution in [0, 0.1) is 0 Å². The van der Waals surface area contributed by atoms with Gasteiger partial charge in [-0.1, -0.05) is 5.16 Å². The van der Waals surface area contributed by atoms with Crippen LogP contribution in [0.4, 0.5) is 10.7 Å². The number of nitrogen functional groups attached to an aromatic ring is 1. The monoisotopic (exact) mass is 311 g/mol. The van der Waals surface area contributed by atoms with E-state index in [2.05, 4.69) is 20.2 Å².